The van der Waals surface area contributed by atoms with Crippen molar-refractivity contribution in [1.29, 1.82) is 0 Å². The average molecular weight is 525 g/mol. The molecule has 0 rings (SSSR count). The molecule has 16 heteroatoms. The molecule has 2 unspecified atom stereocenters. The first-order valence-corrected chi connectivity index (χ1v) is 9.90. The number of carboxylic acid groups (broad SMARTS) is 4. The van der Waals surface area contributed by atoms with Gasteiger partial charge in [-0.2, -0.15) is 0 Å². The van der Waals surface area contributed by atoms with Crippen LogP contribution in [0, 0.1) is 0 Å². The van der Waals surface area contributed by atoms with E-state index >= 15 is 0 Å². The SMILES string of the molecule is O=C(O)CCC(SC(=S)[S-])C(=O)O.O=C(O)CCC(SC(=S)[S-])C(=O)O.[Na+].[Na+]. The van der Waals surface area contributed by atoms with Crippen molar-refractivity contribution in [2.45, 2.75) is 36.2 Å². The molecule has 4 N–H and O–H groups in total. The molecule has 0 aliphatic heterocycles. The van der Waals surface area contributed by atoms with Gasteiger partial charge >= 0.3 is 83.0 Å². The first-order valence-electron chi connectivity index (χ1n) is 6.51. The van der Waals surface area contributed by atoms with Gasteiger partial charge in [0.1, 0.15) is 10.5 Å². The van der Waals surface area contributed by atoms with Crippen molar-refractivity contribution in [2.24, 2.45) is 0 Å². The van der Waals surface area contributed by atoms with Crippen LogP contribution in [0.1, 0.15) is 25.7 Å². The van der Waals surface area contributed by atoms with Gasteiger partial charge in [-0.3, -0.25) is 19.2 Å². The van der Waals surface area contributed by atoms with Gasteiger partial charge in [-0.1, -0.05) is 7.06 Å². The van der Waals surface area contributed by atoms with E-state index in [4.69, 9.17) is 20.4 Å². The number of aliphatic carboxylic acids is 4. The normalized spacial score (nSPS) is 11.1. The van der Waals surface area contributed by atoms with Crippen molar-refractivity contribution in [3.8, 4) is 0 Å². The fraction of sp³-hybridized carbons (Fsp3) is 0.500. The Kier molecular flexibility index (Phi) is 28.0. The predicted octanol–water partition coefficient (Wildman–Crippen LogP) is -4.25. The zero-order chi connectivity index (χ0) is 20.9. The van der Waals surface area contributed by atoms with Gasteiger partial charge in [0.15, 0.2) is 0 Å². The zero-order valence-corrected chi connectivity index (χ0v) is 23.8. The summed E-state index contributed by atoms with van der Waals surface area (Å²) in [5.74, 6) is -4.22. The van der Waals surface area contributed by atoms with Gasteiger partial charge < -0.3 is 70.1 Å². The number of thioether (sulfide) groups is 2. The van der Waals surface area contributed by atoms with Crippen LogP contribution in [-0.4, -0.2) is 61.9 Å². The van der Waals surface area contributed by atoms with Crippen LogP contribution in [-0.2, 0) is 44.4 Å². The van der Waals surface area contributed by atoms with Crippen molar-refractivity contribution in [3.05, 3.63) is 0 Å². The zero-order valence-electron chi connectivity index (χ0n) is 14.9. The topological polar surface area (TPSA) is 149 Å². The van der Waals surface area contributed by atoms with E-state index in [1.54, 1.807) is 0 Å². The molecule has 0 aromatic heterocycles. The van der Waals surface area contributed by atoms with Gasteiger partial charge in [-0.15, -0.1) is 23.5 Å². The van der Waals surface area contributed by atoms with Crippen LogP contribution in [0.4, 0.5) is 0 Å². The van der Waals surface area contributed by atoms with Crippen LogP contribution < -0.4 is 59.1 Å². The molecule has 2 atom stereocenters. The Morgan fingerprint density at radius 2 is 0.964 bits per heavy atom. The number of thiocarbonyl (C=S) groups is 2. The summed E-state index contributed by atoms with van der Waals surface area (Å²) in [4.78, 5) is 41.4. The molecule has 0 fully saturated rings. The van der Waals surface area contributed by atoms with Crippen LogP contribution in [0.15, 0.2) is 0 Å². The number of hydrogen-bond acceptors (Lipinski definition) is 10. The molecule has 0 heterocycles. The molecule has 148 valence electrons. The molecule has 0 aromatic rings. The monoisotopic (exact) mass is 524 g/mol. The van der Waals surface area contributed by atoms with E-state index in [0.29, 0.717) is 0 Å². The predicted molar refractivity (Wildman–Crippen MR) is 112 cm³/mol. The first-order chi connectivity index (χ1) is 11.9. The molecule has 0 aromatic carbocycles. The summed E-state index contributed by atoms with van der Waals surface area (Å²) in [7, 11) is 0. The Morgan fingerprint density at radius 1 is 0.714 bits per heavy atom. The van der Waals surface area contributed by atoms with E-state index < -0.39 is 34.4 Å². The quantitative estimate of drug-likeness (QED) is 0.124. The van der Waals surface area contributed by atoms with Crippen molar-refractivity contribution in [1.82, 2.24) is 0 Å². The summed E-state index contributed by atoms with van der Waals surface area (Å²) in [5.41, 5.74) is 0. The molecule has 0 saturated carbocycles. The smallest absolute Gasteiger partial charge is 0.481 e. The van der Waals surface area contributed by atoms with E-state index in [-0.39, 0.29) is 91.9 Å². The second-order valence-corrected chi connectivity index (χ2v) is 9.86. The third-order valence-electron chi connectivity index (χ3n) is 2.27. The van der Waals surface area contributed by atoms with E-state index in [2.05, 4.69) is 49.7 Å². The molecule has 28 heavy (non-hydrogen) atoms. The number of carbonyl (C=O) groups is 4. The Bertz CT molecular complexity index is 514. The number of rotatable bonds is 10. The minimum Gasteiger partial charge on any atom is -0.481 e. The van der Waals surface area contributed by atoms with Crippen LogP contribution >= 0.6 is 48.0 Å². The molecule has 0 amide bonds. The maximum atomic E-state index is 10.5. The number of carboxylic acids is 4. The summed E-state index contributed by atoms with van der Waals surface area (Å²) in [6.07, 6.45) is -0.317. The summed E-state index contributed by atoms with van der Waals surface area (Å²) in [6.45, 7) is 0. The second kappa shape index (κ2) is 21.4. The number of hydrogen-bond donors (Lipinski definition) is 4. The molecule has 0 saturated heterocycles. The molecular weight excluding hydrogens is 511 g/mol. The molecule has 0 aliphatic rings. The van der Waals surface area contributed by atoms with Crippen LogP contribution in [0.25, 0.3) is 0 Å². The average Bonchev–Trinajstić information content (AvgIpc) is 2.46. The van der Waals surface area contributed by atoms with Gasteiger partial charge in [0.05, 0.1) is 0 Å². The minimum absolute atomic E-state index is 0. The van der Waals surface area contributed by atoms with E-state index in [0.717, 1.165) is 23.5 Å². The van der Waals surface area contributed by atoms with Crippen LogP contribution in [0.2, 0.25) is 0 Å². The summed E-state index contributed by atoms with van der Waals surface area (Å²) < 4.78 is 0.190. The van der Waals surface area contributed by atoms with Crippen molar-refractivity contribution >= 4 is 104 Å². The Hall–Kier alpha value is 1.20. The fourth-order valence-corrected chi connectivity index (χ4v) is 3.74. The van der Waals surface area contributed by atoms with E-state index in [9.17, 15) is 19.2 Å². The molecule has 0 aliphatic carbocycles. The van der Waals surface area contributed by atoms with Crippen molar-refractivity contribution in [2.75, 3.05) is 0 Å². The second-order valence-electron chi connectivity index (χ2n) is 4.25. The fourth-order valence-electron chi connectivity index (χ4n) is 1.21. The summed E-state index contributed by atoms with van der Waals surface area (Å²) in [5, 5.41) is 32.2. The van der Waals surface area contributed by atoms with Gasteiger partial charge in [-0.05, 0) is 12.8 Å². The molecular formula is C12H14Na2O8S6. The first kappa shape index (κ1) is 36.6. The molecule has 0 spiro atoms. The van der Waals surface area contributed by atoms with E-state index in [1.165, 1.54) is 0 Å². The standard InChI is InChI=1S/2C6H8O4S3.2Na/c2*7-4(8)2-1-3(5(9)10)13-6(11)12;;/h2*3H,1-2H2,(H,7,8)(H,9,10)(H,11,12);;/q;;2*+1/p-2. The molecule has 0 bridgehead atoms. The van der Waals surface area contributed by atoms with Crippen LogP contribution in [0.3, 0.4) is 0 Å². The van der Waals surface area contributed by atoms with Gasteiger partial charge in [0, 0.05) is 12.8 Å². The van der Waals surface area contributed by atoms with Crippen molar-refractivity contribution < 1.29 is 98.7 Å². The third-order valence-corrected chi connectivity index (χ3v) is 5.25. The van der Waals surface area contributed by atoms with Crippen molar-refractivity contribution in [3.63, 3.8) is 0 Å². The van der Waals surface area contributed by atoms with E-state index in [1.807, 2.05) is 0 Å². The Morgan fingerprint density at radius 3 is 1.11 bits per heavy atom. The van der Waals surface area contributed by atoms with Gasteiger partial charge in [-0.25, -0.2) is 0 Å². The largest absolute Gasteiger partial charge is 1.00 e. The minimum atomic E-state index is -1.08. The Balaban J connectivity index is -0.000000192. The molecule has 0 radical (unpaired) electrons. The maximum Gasteiger partial charge on any atom is 1.00 e. The van der Waals surface area contributed by atoms with Gasteiger partial charge in [0.25, 0.3) is 0 Å². The molecule has 8 nitrogen and oxygen atoms in total. The van der Waals surface area contributed by atoms with Gasteiger partial charge in [0.2, 0.25) is 0 Å². The third kappa shape index (κ3) is 25.2. The van der Waals surface area contributed by atoms with Crippen LogP contribution in [0.5, 0.6) is 0 Å². The Labute approximate surface area is 236 Å². The summed E-state index contributed by atoms with van der Waals surface area (Å²) in [6, 6.07) is 0. The maximum absolute atomic E-state index is 10.5. The summed E-state index contributed by atoms with van der Waals surface area (Å²) >= 11 is 19.8.